The Hall–Kier alpha value is -1.51. The van der Waals surface area contributed by atoms with Crippen molar-refractivity contribution < 1.29 is 22.3 Å². The molecule has 1 amide bonds. The van der Waals surface area contributed by atoms with Crippen LogP contribution in [0.2, 0.25) is 0 Å². The fourth-order valence-corrected chi connectivity index (χ4v) is 4.89. The maximum atomic E-state index is 14.0. The number of morpholine rings is 1. The number of carbonyl (C=O) groups is 1. The Balaban J connectivity index is 1.85. The summed E-state index contributed by atoms with van der Waals surface area (Å²) in [6.45, 7) is 3.36. The van der Waals surface area contributed by atoms with Gasteiger partial charge in [0.1, 0.15) is 12.2 Å². The smallest absolute Gasteiger partial charge is 0.243 e. The highest BCUT2D eigenvalue weighted by atomic mass is 32.2. The molecule has 0 N–H and O–H groups in total. The van der Waals surface area contributed by atoms with Gasteiger partial charge in [-0.1, -0.05) is 19.1 Å². The van der Waals surface area contributed by atoms with Crippen molar-refractivity contribution in [2.45, 2.75) is 36.9 Å². The van der Waals surface area contributed by atoms with E-state index in [1.807, 2.05) is 6.92 Å². The van der Waals surface area contributed by atoms with Crippen LogP contribution in [0.25, 0.3) is 0 Å². The van der Waals surface area contributed by atoms with Gasteiger partial charge in [-0.2, -0.15) is 4.31 Å². The molecule has 0 aliphatic carbocycles. The second kappa shape index (κ2) is 7.39. The fraction of sp³-hybridized carbons (Fsp3) is 0.588. The van der Waals surface area contributed by atoms with E-state index < -0.39 is 22.2 Å². The second-order valence-corrected chi connectivity index (χ2v) is 8.25. The van der Waals surface area contributed by atoms with Crippen LogP contribution < -0.4 is 0 Å². The molecule has 1 aromatic carbocycles. The molecule has 0 unspecified atom stereocenters. The highest BCUT2D eigenvalue weighted by Gasteiger charge is 2.45. The summed E-state index contributed by atoms with van der Waals surface area (Å²) in [6.07, 6.45) is -0.628. The molecule has 0 saturated carbocycles. The zero-order chi connectivity index (χ0) is 18.0. The van der Waals surface area contributed by atoms with Gasteiger partial charge in [-0.3, -0.25) is 4.79 Å². The van der Waals surface area contributed by atoms with Crippen LogP contribution >= 0.6 is 0 Å². The van der Waals surface area contributed by atoms with Crippen LogP contribution in [0.5, 0.6) is 0 Å². The number of amides is 1. The molecule has 2 fully saturated rings. The van der Waals surface area contributed by atoms with Crippen molar-refractivity contribution >= 4 is 15.9 Å². The molecular weight excluding hydrogens is 347 g/mol. The number of halogens is 1. The van der Waals surface area contributed by atoms with Crippen LogP contribution in [0.1, 0.15) is 18.9 Å². The van der Waals surface area contributed by atoms with E-state index in [2.05, 4.69) is 0 Å². The van der Waals surface area contributed by atoms with E-state index in [1.54, 1.807) is 17.0 Å². The summed E-state index contributed by atoms with van der Waals surface area (Å²) >= 11 is 0. The molecule has 25 heavy (non-hydrogen) atoms. The monoisotopic (exact) mass is 370 g/mol. The normalized spacial score (nSPS) is 25.3. The highest BCUT2D eigenvalue weighted by Crippen LogP contribution is 2.29. The average molecular weight is 370 g/mol. The number of hydrogen-bond acceptors (Lipinski definition) is 4. The maximum absolute atomic E-state index is 14.0. The lowest BCUT2D eigenvalue weighted by Crippen LogP contribution is -2.50. The predicted molar refractivity (Wildman–Crippen MR) is 90.4 cm³/mol. The Morgan fingerprint density at radius 2 is 1.88 bits per heavy atom. The van der Waals surface area contributed by atoms with Crippen LogP contribution in [0, 0.1) is 0 Å². The Labute approximate surface area is 147 Å². The minimum atomic E-state index is -3.91. The number of hydrogen-bond donors (Lipinski definition) is 0. The lowest BCUT2D eigenvalue weighted by molar-refractivity contribution is -0.138. The van der Waals surface area contributed by atoms with Gasteiger partial charge in [0.2, 0.25) is 15.9 Å². The van der Waals surface area contributed by atoms with Gasteiger partial charge in [0, 0.05) is 26.1 Å². The number of benzene rings is 1. The van der Waals surface area contributed by atoms with Crippen molar-refractivity contribution in [3.63, 3.8) is 0 Å². The SMILES string of the molecule is CCc1ccc(S(=O)(=O)N2C[C@@H](F)C[C@H]2C(=O)N2CCOCC2)cc1. The zero-order valence-corrected chi connectivity index (χ0v) is 15.0. The van der Waals surface area contributed by atoms with Gasteiger partial charge in [0.25, 0.3) is 0 Å². The van der Waals surface area contributed by atoms with Crippen LogP contribution in [0.15, 0.2) is 29.2 Å². The van der Waals surface area contributed by atoms with E-state index in [9.17, 15) is 17.6 Å². The summed E-state index contributed by atoms with van der Waals surface area (Å²) in [4.78, 5) is 14.4. The highest BCUT2D eigenvalue weighted by molar-refractivity contribution is 7.89. The molecule has 2 heterocycles. The summed E-state index contributed by atoms with van der Waals surface area (Å²) in [6, 6.07) is 5.55. The van der Waals surface area contributed by atoms with Crippen LogP contribution in [-0.2, 0) is 26.0 Å². The van der Waals surface area contributed by atoms with Crippen molar-refractivity contribution in [1.29, 1.82) is 0 Å². The Bertz CT molecular complexity index is 717. The van der Waals surface area contributed by atoms with E-state index in [1.165, 1.54) is 12.1 Å². The molecule has 6 nitrogen and oxygen atoms in total. The van der Waals surface area contributed by atoms with Gasteiger partial charge >= 0.3 is 0 Å². The molecule has 2 atom stereocenters. The third-order valence-electron chi connectivity index (χ3n) is 4.75. The molecule has 2 aliphatic heterocycles. The first kappa shape index (κ1) is 18.3. The number of rotatable bonds is 4. The number of sulfonamides is 1. The molecule has 2 saturated heterocycles. The van der Waals surface area contributed by atoms with Gasteiger partial charge in [0.05, 0.1) is 18.1 Å². The lowest BCUT2D eigenvalue weighted by atomic mass is 10.2. The first-order valence-corrected chi connectivity index (χ1v) is 9.99. The maximum Gasteiger partial charge on any atom is 0.243 e. The van der Waals surface area contributed by atoms with Crippen molar-refractivity contribution in [1.82, 2.24) is 9.21 Å². The molecular formula is C17H23FN2O4S. The molecule has 8 heteroatoms. The number of ether oxygens (including phenoxy) is 1. The second-order valence-electron chi connectivity index (χ2n) is 6.36. The minimum absolute atomic E-state index is 0.0948. The fourth-order valence-electron chi connectivity index (χ4n) is 3.27. The number of aryl methyl sites for hydroxylation is 1. The van der Waals surface area contributed by atoms with Crippen molar-refractivity contribution in [2.75, 3.05) is 32.8 Å². The molecule has 3 rings (SSSR count). The molecule has 2 aliphatic rings. The largest absolute Gasteiger partial charge is 0.378 e. The van der Waals surface area contributed by atoms with E-state index in [0.717, 1.165) is 16.3 Å². The summed E-state index contributed by atoms with van der Waals surface area (Å²) in [5.74, 6) is -0.336. The summed E-state index contributed by atoms with van der Waals surface area (Å²) < 4.78 is 46.1. The predicted octanol–water partition coefficient (Wildman–Crippen LogP) is 1.21. The molecule has 1 aromatic rings. The Kier molecular flexibility index (Phi) is 5.41. The van der Waals surface area contributed by atoms with Gasteiger partial charge < -0.3 is 9.64 Å². The summed E-state index contributed by atoms with van der Waals surface area (Å²) in [7, 11) is -3.91. The van der Waals surface area contributed by atoms with Crippen LogP contribution in [0.3, 0.4) is 0 Å². The third kappa shape index (κ3) is 3.70. The quantitative estimate of drug-likeness (QED) is 0.799. The molecule has 0 radical (unpaired) electrons. The van der Waals surface area contributed by atoms with Crippen molar-refractivity contribution in [2.24, 2.45) is 0 Å². The van der Waals surface area contributed by atoms with Crippen LogP contribution in [0.4, 0.5) is 4.39 Å². The number of nitrogens with zero attached hydrogens (tertiary/aromatic N) is 2. The van der Waals surface area contributed by atoms with Crippen molar-refractivity contribution in [3.8, 4) is 0 Å². The van der Waals surface area contributed by atoms with E-state index >= 15 is 0 Å². The number of carbonyl (C=O) groups excluding carboxylic acids is 1. The minimum Gasteiger partial charge on any atom is -0.378 e. The molecule has 0 spiro atoms. The van der Waals surface area contributed by atoms with E-state index in [4.69, 9.17) is 4.74 Å². The van der Waals surface area contributed by atoms with E-state index in [0.29, 0.717) is 26.3 Å². The topological polar surface area (TPSA) is 66.9 Å². The first-order valence-electron chi connectivity index (χ1n) is 8.55. The first-order chi connectivity index (χ1) is 11.9. The zero-order valence-electron chi connectivity index (χ0n) is 14.2. The van der Waals surface area contributed by atoms with Gasteiger partial charge in [0.15, 0.2) is 0 Å². The lowest BCUT2D eigenvalue weighted by Gasteiger charge is -2.32. The molecule has 0 aromatic heterocycles. The Morgan fingerprint density at radius 1 is 1.24 bits per heavy atom. The van der Waals surface area contributed by atoms with Crippen molar-refractivity contribution in [3.05, 3.63) is 29.8 Å². The Morgan fingerprint density at radius 3 is 2.48 bits per heavy atom. The number of alkyl halides is 1. The third-order valence-corrected chi connectivity index (χ3v) is 6.64. The summed E-state index contributed by atoms with van der Waals surface area (Å²) in [5, 5.41) is 0. The summed E-state index contributed by atoms with van der Waals surface area (Å²) in [5.41, 5.74) is 1.02. The van der Waals surface area contributed by atoms with E-state index in [-0.39, 0.29) is 23.8 Å². The standard InChI is InChI=1S/C17H23FN2O4S/c1-2-13-3-5-15(6-4-13)25(22,23)20-12-14(18)11-16(20)17(21)19-7-9-24-10-8-19/h3-6,14,16H,2,7-12H2,1H3/t14-,16-/m0/s1. The van der Waals surface area contributed by atoms with Crippen LogP contribution in [-0.4, -0.2) is 68.6 Å². The van der Waals surface area contributed by atoms with Gasteiger partial charge in [-0.25, -0.2) is 12.8 Å². The molecule has 138 valence electrons. The van der Waals surface area contributed by atoms with Gasteiger partial charge in [-0.15, -0.1) is 0 Å². The average Bonchev–Trinajstić information content (AvgIpc) is 3.04. The van der Waals surface area contributed by atoms with Gasteiger partial charge in [-0.05, 0) is 24.1 Å². The molecule has 0 bridgehead atoms.